The highest BCUT2D eigenvalue weighted by Crippen LogP contribution is 2.04. The summed E-state index contributed by atoms with van der Waals surface area (Å²) in [6, 6.07) is 23.8. The maximum atomic E-state index is 2.33. The molecule has 3 rings (SSSR count). The van der Waals surface area contributed by atoms with E-state index in [0.29, 0.717) is 6.71 Å². The minimum Gasteiger partial charge on any atom is -0.212 e. The van der Waals surface area contributed by atoms with Gasteiger partial charge in [0.1, 0.15) is 6.44 Å². The molecular weight excluding hydrogens is 277 g/mol. The summed E-state index contributed by atoms with van der Waals surface area (Å²) >= 11 is 0. The van der Waals surface area contributed by atoms with Gasteiger partial charge in [0.25, 0.3) is 6.71 Å². The number of pyridine rings is 1. The lowest BCUT2D eigenvalue weighted by atomic mass is 9.40. The van der Waals surface area contributed by atoms with E-state index in [0.717, 1.165) is 12.9 Å². The van der Waals surface area contributed by atoms with Crippen LogP contribution in [0.1, 0.15) is 18.1 Å². The molecule has 0 N–H and O–H groups in total. The van der Waals surface area contributed by atoms with E-state index in [2.05, 4.69) is 97.5 Å². The van der Waals surface area contributed by atoms with Gasteiger partial charge >= 0.3 is 0 Å². The zero-order valence-corrected chi connectivity index (χ0v) is 13.9. The van der Waals surface area contributed by atoms with Gasteiger partial charge in [-0.15, -0.1) is 0 Å². The van der Waals surface area contributed by atoms with Crippen LogP contribution >= 0.6 is 0 Å². The molecule has 0 saturated heterocycles. The molecule has 0 atom stereocenters. The monoisotopic (exact) mass is 300 g/mol. The van der Waals surface area contributed by atoms with E-state index in [-0.39, 0.29) is 0 Å². The van der Waals surface area contributed by atoms with Crippen molar-refractivity contribution in [1.29, 1.82) is 0 Å². The van der Waals surface area contributed by atoms with Crippen molar-refractivity contribution in [1.82, 2.24) is 0 Å². The first-order valence-electron chi connectivity index (χ1n) is 8.36. The third-order valence-electron chi connectivity index (χ3n) is 4.52. The molecule has 2 aromatic carbocycles. The fourth-order valence-electron chi connectivity index (χ4n) is 3.13. The fraction of sp³-hybridized carbons (Fsp3) is 0.190. The Balaban J connectivity index is 1.97. The molecule has 0 aliphatic rings. The van der Waals surface area contributed by atoms with Crippen molar-refractivity contribution >= 4 is 17.6 Å². The second kappa shape index (κ2) is 7.28. The Bertz CT molecular complexity index is 714. The Hall–Kier alpha value is -2.35. The summed E-state index contributed by atoms with van der Waals surface area (Å²) in [5.41, 5.74) is 5.53. The maximum Gasteiger partial charge on any atom is 0.288 e. The second-order valence-corrected chi connectivity index (χ2v) is 6.08. The lowest BCUT2D eigenvalue weighted by Gasteiger charge is -2.12. The molecule has 3 aromatic rings. The predicted octanol–water partition coefficient (Wildman–Crippen LogP) is 2.69. The molecule has 0 aliphatic carbocycles. The third kappa shape index (κ3) is 3.71. The van der Waals surface area contributed by atoms with Crippen molar-refractivity contribution in [2.45, 2.75) is 26.7 Å². The van der Waals surface area contributed by atoms with E-state index in [9.17, 15) is 0 Å². The van der Waals surface area contributed by atoms with E-state index < -0.39 is 0 Å². The minimum absolute atomic E-state index is 0.370. The topological polar surface area (TPSA) is 3.88 Å². The fourth-order valence-corrected chi connectivity index (χ4v) is 3.13. The van der Waals surface area contributed by atoms with Gasteiger partial charge in [0.2, 0.25) is 0 Å². The van der Waals surface area contributed by atoms with Gasteiger partial charge in [-0.3, -0.25) is 0 Å². The van der Waals surface area contributed by atoms with E-state index >= 15 is 0 Å². The molecule has 1 heterocycles. The Morgan fingerprint density at radius 1 is 0.826 bits per heavy atom. The highest BCUT2D eigenvalue weighted by molar-refractivity contribution is 6.83. The summed E-state index contributed by atoms with van der Waals surface area (Å²) in [6.07, 6.45) is 6.54. The van der Waals surface area contributed by atoms with Crippen LogP contribution in [0.4, 0.5) is 0 Å². The predicted molar refractivity (Wildman–Crippen MR) is 98.7 cm³/mol. The Morgan fingerprint density at radius 3 is 1.91 bits per heavy atom. The molecular formula is C21H23BN+. The largest absolute Gasteiger partial charge is 0.288 e. The van der Waals surface area contributed by atoms with Gasteiger partial charge in [0.15, 0.2) is 12.4 Å². The Labute approximate surface area is 139 Å². The van der Waals surface area contributed by atoms with Gasteiger partial charge < -0.3 is 0 Å². The molecule has 0 saturated carbocycles. The van der Waals surface area contributed by atoms with Gasteiger partial charge in [-0.05, 0) is 18.9 Å². The highest BCUT2D eigenvalue weighted by Gasteiger charge is 2.24. The zero-order valence-electron chi connectivity index (χ0n) is 13.9. The normalized spacial score (nSPS) is 10.5. The van der Waals surface area contributed by atoms with Crippen LogP contribution in [-0.2, 0) is 12.9 Å². The van der Waals surface area contributed by atoms with Gasteiger partial charge in [-0.25, -0.2) is 4.57 Å². The summed E-state index contributed by atoms with van der Waals surface area (Å²) in [4.78, 5) is 0. The van der Waals surface area contributed by atoms with E-state index in [1.165, 1.54) is 22.1 Å². The number of hydrogen-bond acceptors (Lipinski definition) is 0. The van der Waals surface area contributed by atoms with Crippen LogP contribution in [0.3, 0.4) is 0 Å². The number of rotatable bonds is 5. The molecule has 0 unspecified atom stereocenters. The summed E-state index contributed by atoms with van der Waals surface area (Å²) < 4.78 is 2.33. The van der Waals surface area contributed by atoms with Crippen molar-refractivity contribution in [2.24, 2.45) is 0 Å². The molecule has 0 amide bonds. The standard InChI is InChI=1S/C21H23BN/c1-3-19-16-23(15-14-18(19)2)17-22(20-10-6-4-7-11-20)21-12-8-5-9-13-21/h4-16H,3,17H2,1-2H3/q+1. The molecule has 1 nitrogen and oxygen atoms in total. The van der Waals surface area contributed by atoms with Crippen LogP contribution in [0.25, 0.3) is 0 Å². The van der Waals surface area contributed by atoms with Crippen molar-refractivity contribution in [3.8, 4) is 0 Å². The average molecular weight is 300 g/mol. The zero-order chi connectivity index (χ0) is 16.1. The first-order valence-corrected chi connectivity index (χ1v) is 8.36. The molecule has 0 spiro atoms. The third-order valence-corrected chi connectivity index (χ3v) is 4.52. The van der Waals surface area contributed by atoms with Crippen LogP contribution in [-0.4, -0.2) is 6.71 Å². The molecule has 114 valence electrons. The molecule has 2 heteroatoms. The molecule has 1 aromatic heterocycles. The van der Waals surface area contributed by atoms with Crippen molar-refractivity contribution in [3.05, 3.63) is 90.3 Å². The van der Waals surface area contributed by atoms with Gasteiger partial charge in [0, 0.05) is 11.6 Å². The Morgan fingerprint density at radius 2 is 1.39 bits per heavy atom. The highest BCUT2D eigenvalue weighted by atomic mass is 14.9. The van der Waals surface area contributed by atoms with Crippen LogP contribution in [0, 0.1) is 6.92 Å². The number of hydrogen-bond donors (Lipinski definition) is 0. The van der Waals surface area contributed by atoms with Crippen LogP contribution < -0.4 is 15.5 Å². The SMILES string of the molecule is CCc1c[n+](CB(c2ccccc2)c2ccccc2)ccc1C. The number of aromatic nitrogens is 1. The van der Waals surface area contributed by atoms with Gasteiger partial charge in [0.05, 0.1) is 0 Å². The quantitative estimate of drug-likeness (QED) is 0.504. The number of nitrogens with zero attached hydrogens (tertiary/aromatic N) is 1. The van der Waals surface area contributed by atoms with Crippen LogP contribution in [0.15, 0.2) is 79.1 Å². The number of benzene rings is 2. The molecule has 0 bridgehead atoms. The van der Waals surface area contributed by atoms with Crippen molar-refractivity contribution in [3.63, 3.8) is 0 Å². The van der Waals surface area contributed by atoms with E-state index in [1.54, 1.807) is 0 Å². The lowest BCUT2D eigenvalue weighted by Crippen LogP contribution is -2.54. The summed E-state index contributed by atoms with van der Waals surface area (Å²) in [5.74, 6) is 0. The van der Waals surface area contributed by atoms with E-state index in [1.807, 2.05) is 0 Å². The first-order chi connectivity index (χ1) is 11.3. The molecule has 0 radical (unpaired) electrons. The average Bonchev–Trinajstić information content (AvgIpc) is 2.62. The Kier molecular flexibility index (Phi) is 4.92. The maximum absolute atomic E-state index is 2.33. The minimum atomic E-state index is 0.370. The lowest BCUT2D eigenvalue weighted by molar-refractivity contribution is -0.680. The summed E-state index contributed by atoms with van der Waals surface area (Å²) in [5, 5.41) is 0. The van der Waals surface area contributed by atoms with Crippen LogP contribution in [0.2, 0.25) is 0 Å². The van der Waals surface area contributed by atoms with Gasteiger partial charge in [-0.1, -0.05) is 78.5 Å². The summed E-state index contributed by atoms with van der Waals surface area (Å²) in [7, 11) is 0. The smallest absolute Gasteiger partial charge is 0.212 e. The van der Waals surface area contributed by atoms with Gasteiger partial charge in [-0.2, -0.15) is 0 Å². The molecule has 23 heavy (non-hydrogen) atoms. The first kappa shape index (κ1) is 15.5. The van der Waals surface area contributed by atoms with E-state index in [4.69, 9.17) is 0 Å². The molecule has 0 fully saturated rings. The van der Waals surface area contributed by atoms with Crippen LogP contribution in [0.5, 0.6) is 0 Å². The van der Waals surface area contributed by atoms with Crippen molar-refractivity contribution < 1.29 is 4.57 Å². The second-order valence-electron chi connectivity index (χ2n) is 6.08. The summed E-state index contributed by atoms with van der Waals surface area (Å²) in [6.45, 7) is 4.78. The van der Waals surface area contributed by atoms with Crippen molar-refractivity contribution in [2.75, 3.05) is 0 Å². The number of aryl methyl sites for hydroxylation is 2. The molecule has 0 aliphatic heterocycles.